The lowest BCUT2D eigenvalue weighted by molar-refractivity contribution is -0.146. The molecule has 0 radical (unpaired) electrons. The van der Waals surface area contributed by atoms with E-state index in [2.05, 4.69) is 27.7 Å². The van der Waals surface area contributed by atoms with Crippen molar-refractivity contribution >= 4 is 11.8 Å². The molecule has 0 aromatic heterocycles. The van der Waals surface area contributed by atoms with E-state index >= 15 is 0 Å². The Morgan fingerprint density at radius 3 is 2.31 bits per heavy atom. The molecule has 2 amide bonds. The van der Waals surface area contributed by atoms with Crippen LogP contribution in [0.5, 0.6) is 0 Å². The van der Waals surface area contributed by atoms with Gasteiger partial charge < -0.3 is 0 Å². The lowest BCUT2D eigenvalue weighted by Crippen LogP contribution is -2.39. The first-order valence-electron chi connectivity index (χ1n) is 6.27. The zero-order valence-corrected chi connectivity index (χ0v) is 10.8. The molecule has 1 atom stereocenters. The molecule has 1 heterocycles. The summed E-state index contributed by atoms with van der Waals surface area (Å²) in [6.45, 7) is 8.99. The van der Waals surface area contributed by atoms with Crippen LogP contribution in [0, 0.1) is 17.8 Å². The molecule has 0 spiro atoms. The lowest BCUT2D eigenvalue weighted by atomic mass is 9.86. The molecule has 0 bridgehead atoms. The first kappa shape index (κ1) is 13.2. The maximum atomic E-state index is 12.2. The van der Waals surface area contributed by atoms with Gasteiger partial charge in [-0.2, -0.15) is 0 Å². The maximum absolute atomic E-state index is 12.2. The second-order valence-corrected chi connectivity index (χ2v) is 5.47. The molecule has 1 unspecified atom stereocenters. The summed E-state index contributed by atoms with van der Waals surface area (Å²) < 4.78 is 0. The third-order valence-electron chi connectivity index (χ3n) is 3.19. The van der Waals surface area contributed by atoms with Crippen molar-refractivity contribution in [3.8, 4) is 0 Å². The standard InChI is InChI=1S/C13H23NO2/c1-9(2)8-11(10(3)4)13(16)14-7-5-6-12(14)15/h9-11H,5-8H2,1-4H3. The molecule has 3 nitrogen and oxygen atoms in total. The summed E-state index contributed by atoms with van der Waals surface area (Å²) in [5, 5.41) is 0. The Morgan fingerprint density at radius 2 is 1.94 bits per heavy atom. The summed E-state index contributed by atoms with van der Waals surface area (Å²) in [5.41, 5.74) is 0. The number of likely N-dealkylation sites (tertiary alicyclic amines) is 1. The van der Waals surface area contributed by atoms with Gasteiger partial charge in [0.25, 0.3) is 0 Å². The summed E-state index contributed by atoms with van der Waals surface area (Å²) in [6.07, 6.45) is 2.25. The van der Waals surface area contributed by atoms with Crippen molar-refractivity contribution in [1.82, 2.24) is 4.90 Å². The van der Waals surface area contributed by atoms with Gasteiger partial charge in [0.05, 0.1) is 0 Å². The van der Waals surface area contributed by atoms with Crippen molar-refractivity contribution in [1.29, 1.82) is 0 Å². The van der Waals surface area contributed by atoms with Gasteiger partial charge in [0.15, 0.2) is 0 Å². The number of carbonyl (C=O) groups excluding carboxylic acids is 2. The fourth-order valence-electron chi connectivity index (χ4n) is 2.25. The van der Waals surface area contributed by atoms with Crippen LogP contribution in [0.2, 0.25) is 0 Å². The maximum Gasteiger partial charge on any atom is 0.232 e. The largest absolute Gasteiger partial charge is 0.282 e. The highest BCUT2D eigenvalue weighted by Gasteiger charge is 2.33. The van der Waals surface area contributed by atoms with Crippen LogP contribution >= 0.6 is 0 Å². The molecule has 1 fully saturated rings. The molecule has 0 aromatic rings. The van der Waals surface area contributed by atoms with Gasteiger partial charge in [-0.3, -0.25) is 14.5 Å². The Kier molecular flexibility index (Phi) is 4.51. The summed E-state index contributed by atoms with van der Waals surface area (Å²) in [6, 6.07) is 0. The molecule has 0 aromatic carbocycles. The van der Waals surface area contributed by atoms with E-state index in [1.165, 1.54) is 4.90 Å². The second-order valence-electron chi connectivity index (χ2n) is 5.47. The van der Waals surface area contributed by atoms with E-state index < -0.39 is 0 Å². The van der Waals surface area contributed by atoms with E-state index in [4.69, 9.17) is 0 Å². The fourth-order valence-corrected chi connectivity index (χ4v) is 2.25. The van der Waals surface area contributed by atoms with Crippen LogP contribution in [0.3, 0.4) is 0 Å². The summed E-state index contributed by atoms with van der Waals surface area (Å²) >= 11 is 0. The van der Waals surface area contributed by atoms with E-state index in [1.807, 2.05) is 0 Å². The summed E-state index contributed by atoms with van der Waals surface area (Å²) in [7, 11) is 0. The first-order valence-corrected chi connectivity index (χ1v) is 6.27. The van der Waals surface area contributed by atoms with Gasteiger partial charge in [0.2, 0.25) is 11.8 Å². The van der Waals surface area contributed by atoms with E-state index in [0.29, 0.717) is 24.8 Å². The number of nitrogens with zero attached hydrogens (tertiary/aromatic N) is 1. The highest BCUT2D eigenvalue weighted by Crippen LogP contribution is 2.24. The second kappa shape index (κ2) is 5.46. The van der Waals surface area contributed by atoms with Gasteiger partial charge in [0.1, 0.15) is 0 Å². The third kappa shape index (κ3) is 3.06. The van der Waals surface area contributed by atoms with E-state index in [-0.39, 0.29) is 17.7 Å². The molecule has 1 saturated heterocycles. The zero-order chi connectivity index (χ0) is 12.3. The van der Waals surface area contributed by atoms with E-state index in [9.17, 15) is 9.59 Å². The van der Waals surface area contributed by atoms with Gasteiger partial charge in [-0.15, -0.1) is 0 Å². The highest BCUT2D eigenvalue weighted by atomic mass is 16.2. The van der Waals surface area contributed by atoms with Crippen molar-refractivity contribution in [2.75, 3.05) is 6.54 Å². The Bertz CT molecular complexity index is 271. The van der Waals surface area contributed by atoms with Gasteiger partial charge >= 0.3 is 0 Å². The molecule has 16 heavy (non-hydrogen) atoms. The number of carbonyl (C=O) groups is 2. The number of rotatable bonds is 4. The molecule has 3 heteroatoms. The van der Waals surface area contributed by atoms with Crippen molar-refractivity contribution in [3.05, 3.63) is 0 Å². The van der Waals surface area contributed by atoms with Crippen molar-refractivity contribution in [2.24, 2.45) is 17.8 Å². The predicted octanol–water partition coefficient (Wildman–Crippen LogP) is 2.45. The summed E-state index contributed by atoms with van der Waals surface area (Å²) in [4.78, 5) is 25.2. The van der Waals surface area contributed by atoms with Crippen LogP contribution in [-0.2, 0) is 9.59 Å². The number of amides is 2. The number of hydrogen-bond acceptors (Lipinski definition) is 2. The fraction of sp³-hybridized carbons (Fsp3) is 0.846. The monoisotopic (exact) mass is 225 g/mol. The van der Waals surface area contributed by atoms with Crippen LogP contribution in [0.4, 0.5) is 0 Å². The minimum Gasteiger partial charge on any atom is -0.282 e. The average molecular weight is 225 g/mol. The Labute approximate surface area is 98.2 Å². The van der Waals surface area contributed by atoms with Gasteiger partial charge in [-0.25, -0.2) is 0 Å². The Hall–Kier alpha value is -0.860. The smallest absolute Gasteiger partial charge is 0.232 e. The van der Waals surface area contributed by atoms with Gasteiger partial charge in [0, 0.05) is 18.9 Å². The predicted molar refractivity (Wildman–Crippen MR) is 63.7 cm³/mol. The average Bonchev–Trinajstić information content (AvgIpc) is 2.59. The molecule has 0 aliphatic carbocycles. The highest BCUT2D eigenvalue weighted by molar-refractivity contribution is 5.97. The van der Waals surface area contributed by atoms with E-state index in [0.717, 1.165) is 12.8 Å². The van der Waals surface area contributed by atoms with Crippen LogP contribution < -0.4 is 0 Å². The van der Waals surface area contributed by atoms with Gasteiger partial charge in [-0.1, -0.05) is 27.7 Å². The van der Waals surface area contributed by atoms with Crippen molar-refractivity contribution in [2.45, 2.75) is 47.0 Å². The molecular formula is C13H23NO2. The molecule has 1 aliphatic rings. The van der Waals surface area contributed by atoms with Crippen LogP contribution in [0.1, 0.15) is 47.0 Å². The summed E-state index contributed by atoms with van der Waals surface area (Å²) in [5.74, 6) is 0.866. The molecule has 0 saturated carbocycles. The topological polar surface area (TPSA) is 37.4 Å². The van der Waals surface area contributed by atoms with Crippen LogP contribution in [0.25, 0.3) is 0 Å². The van der Waals surface area contributed by atoms with Crippen molar-refractivity contribution in [3.63, 3.8) is 0 Å². The zero-order valence-electron chi connectivity index (χ0n) is 10.8. The van der Waals surface area contributed by atoms with Crippen molar-refractivity contribution < 1.29 is 9.59 Å². The van der Waals surface area contributed by atoms with Gasteiger partial charge in [-0.05, 0) is 24.7 Å². The Balaban J connectivity index is 2.70. The minimum absolute atomic E-state index is 0.00190. The Morgan fingerprint density at radius 1 is 1.31 bits per heavy atom. The molecular weight excluding hydrogens is 202 g/mol. The first-order chi connectivity index (χ1) is 7.43. The number of hydrogen-bond donors (Lipinski definition) is 0. The molecule has 0 N–H and O–H groups in total. The van der Waals surface area contributed by atoms with Crippen LogP contribution in [-0.4, -0.2) is 23.3 Å². The third-order valence-corrected chi connectivity index (χ3v) is 3.19. The van der Waals surface area contributed by atoms with Crippen LogP contribution in [0.15, 0.2) is 0 Å². The quantitative estimate of drug-likeness (QED) is 0.737. The van der Waals surface area contributed by atoms with E-state index in [1.54, 1.807) is 0 Å². The number of imide groups is 1. The molecule has 1 aliphatic heterocycles. The molecule has 1 rings (SSSR count). The SMILES string of the molecule is CC(C)CC(C(=O)N1CCCC1=O)C(C)C. The molecule has 92 valence electrons. The lowest BCUT2D eigenvalue weighted by Gasteiger charge is -2.26. The minimum atomic E-state index is 0.00190. The normalized spacial score (nSPS) is 18.6.